The lowest BCUT2D eigenvalue weighted by Crippen LogP contribution is -2.33. The summed E-state index contributed by atoms with van der Waals surface area (Å²) in [4.78, 5) is 12.9. The molecule has 0 saturated heterocycles. The Morgan fingerprint density at radius 1 is 0.703 bits per heavy atom. The molecule has 0 aliphatic carbocycles. The van der Waals surface area contributed by atoms with Gasteiger partial charge < -0.3 is 10.1 Å². The van der Waals surface area contributed by atoms with E-state index in [4.69, 9.17) is 4.74 Å². The number of nitrogens with one attached hydrogen (secondary N) is 1. The number of ether oxygens (including phenoxy) is 1. The predicted molar refractivity (Wildman–Crippen MR) is 161 cm³/mol. The van der Waals surface area contributed by atoms with Crippen LogP contribution in [0.1, 0.15) is 130 Å². The van der Waals surface area contributed by atoms with Crippen molar-refractivity contribution in [3.05, 3.63) is 42.5 Å². The molecule has 1 atom stereocenters. The summed E-state index contributed by atoms with van der Waals surface area (Å²) in [6.45, 7) is 7.12. The highest BCUT2D eigenvalue weighted by Gasteiger charge is 2.22. The molecule has 3 nitrogen and oxygen atoms in total. The maximum absolute atomic E-state index is 12.9. The third kappa shape index (κ3) is 13.9. The van der Waals surface area contributed by atoms with Gasteiger partial charge in [0, 0.05) is 11.1 Å². The van der Waals surface area contributed by atoms with Crippen molar-refractivity contribution in [2.45, 2.75) is 136 Å². The molecular weight excluding hydrogens is 454 g/mol. The lowest BCUT2D eigenvalue weighted by atomic mass is 10.0. The zero-order valence-electron chi connectivity index (χ0n) is 24.2. The molecule has 0 bridgehead atoms. The minimum absolute atomic E-state index is 0.123. The van der Waals surface area contributed by atoms with Crippen molar-refractivity contribution in [2.75, 3.05) is 11.9 Å². The van der Waals surface area contributed by atoms with E-state index in [1.807, 2.05) is 18.2 Å². The van der Waals surface area contributed by atoms with Gasteiger partial charge in [0.05, 0.1) is 6.61 Å². The third-order valence-corrected chi connectivity index (χ3v) is 7.35. The lowest BCUT2D eigenvalue weighted by Gasteiger charge is -2.21. The fraction of sp³-hybridized carbons (Fsp3) is 0.676. The standard InChI is InChI=1S/C34H55NO2/c1-4-5-6-7-8-9-10-11-12-13-14-15-16-17-18-21-27-37-34(36)33(28-29(2)3)35-32-26-22-24-30-23-19-20-25-31(30)32/h19-20,22-26,29,33,35H,4-18,21,27-28H2,1-3H3/t33-/m1/s1. The van der Waals surface area contributed by atoms with Gasteiger partial charge in [0.1, 0.15) is 6.04 Å². The van der Waals surface area contributed by atoms with Crippen LogP contribution in [-0.4, -0.2) is 18.6 Å². The number of fused-ring (bicyclic) bond motifs is 1. The summed E-state index contributed by atoms with van der Waals surface area (Å²) in [6, 6.07) is 14.2. The van der Waals surface area contributed by atoms with Crippen LogP contribution in [-0.2, 0) is 9.53 Å². The molecule has 1 N–H and O–H groups in total. The highest BCUT2D eigenvalue weighted by atomic mass is 16.5. The number of carbonyl (C=O) groups excluding carboxylic acids is 1. The number of esters is 1. The van der Waals surface area contributed by atoms with Crippen LogP contribution in [0.3, 0.4) is 0 Å². The second-order valence-electron chi connectivity index (χ2n) is 11.3. The van der Waals surface area contributed by atoms with Crippen molar-refractivity contribution >= 4 is 22.4 Å². The molecule has 0 aliphatic rings. The minimum Gasteiger partial charge on any atom is -0.464 e. The van der Waals surface area contributed by atoms with Crippen molar-refractivity contribution < 1.29 is 9.53 Å². The lowest BCUT2D eigenvalue weighted by molar-refractivity contribution is -0.145. The number of rotatable bonds is 22. The minimum atomic E-state index is -0.313. The Morgan fingerprint density at radius 3 is 1.78 bits per heavy atom. The fourth-order valence-electron chi connectivity index (χ4n) is 5.15. The summed E-state index contributed by atoms with van der Waals surface area (Å²) in [5.41, 5.74) is 1.00. The second-order valence-corrected chi connectivity index (χ2v) is 11.3. The van der Waals surface area contributed by atoms with Crippen molar-refractivity contribution in [3.63, 3.8) is 0 Å². The first-order chi connectivity index (χ1) is 18.1. The van der Waals surface area contributed by atoms with Gasteiger partial charge in [-0.3, -0.25) is 0 Å². The second kappa shape index (κ2) is 20.0. The van der Waals surface area contributed by atoms with E-state index in [2.05, 4.69) is 50.4 Å². The largest absolute Gasteiger partial charge is 0.464 e. The first kappa shape index (κ1) is 31.2. The van der Waals surface area contributed by atoms with E-state index < -0.39 is 0 Å². The maximum atomic E-state index is 12.9. The molecule has 37 heavy (non-hydrogen) atoms. The third-order valence-electron chi connectivity index (χ3n) is 7.35. The van der Waals surface area contributed by atoms with Gasteiger partial charge in [-0.1, -0.05) is 153 Å². The van der Waals surface area contributed by atoms with Crippen LogP contribution in [0.2, 0.25) is 0 Å². The summed E-state index contributed by atoms with van der Waals surface area (Å²) >= 11 is 0. The molecule has 2 rings (SSSR count). The highest BCUT2D eigenvalue weighted by molar-refractivity contribution is 5.95. The van der Waals surface area contributed by atoms with Crippen LogP contribution in [0.25, 0.3) is 10.8 Å². The zero-order valence-corrected chi connectivity index (χ0v) is 24.2. The molecule has 208 valence electrons. The number of hydrogen-bond acceptors (Lipinski definition) is 3. The van der Waals surface area contributed by atoms with Gasteiger partial charge in [-0.05, 0) is 30.2 Å². The molecule has 0 fully saturated rings. The predicted octanol–water partition coefficient (Wildman–Crippen LogP) is 10.5. The topological polar surface area (TPSA) is 38.3 Å². The van der Waals surface area contributed by atoms with Gasteiger partial charge in [0.15, 0.2) is 0 Å². The van der Waals surface area contributed by atoms with Crippen molar-refractivity contribution in [1.82, 2.24) is 0 Å². The number of carbonyl (C=O) groups is 1. The molecule has 0 saturated carbocycles. The smallest absolute Gasteiger partial charge is 0.328 e. The van der Waals surface area contributed by atoms with E-state index in [1.165, 1.54) is 95.3 Å². The number of unbranched alkanes of at least 4 members (excludes halogenated alkanes) is 15. The fourth-order valence-corrected chi connectivity index (χ4v) is 5.15. The van der Waals surface area contributed by atoms with Crippen LogP contribution >= 0.6 is 0 Å². The van der Waals surface area contributed by atoms with Gasteiger partial charge in [-0.15, -0.1) is 0 Å². The summed E-state index contributed by atoms with van der Waals surface area (Å²) in [7, 11) is 0. The molecule has 0 amide bonds. The molecule has 0 unspecified atom stereocenters. The first-order valence-electron chi connectivity index (χ1n) is 15.5. The molecular formula is C34H55NO2. The van der Waals surface area contributed by atoms with Crippen LogP contribution in [0.5, 0.6) is 0 Å². The van der Waals surface area contributed by atoms with Crippen LogP contribution in [0, 0.1) is 5.92 Å². The summed E-state index contributed by atoms with van der Waals surface area (Å²) < 4.78 is 5.71. The van der Waals surface area contributed by atoms with Gasteiger partial charge >= 0.3 is 5.97 Å². The van der Waals surface area contributed by atoms with E-state index in [0.717, 1.165) is 30.3 Å². The molecule has 0 spiro atoms. The summed E-state index contributed by atoms with van der Waals surface area (Å²) in [5.74, 6) is 0.290. The quantitative estimate of drug-likeness (QED) is 0.127. The van der Waals surface area contributed by atoms with Crippen molar-refractivity contribution in [3.8, 4) is 0 Å². The molecule has 0 aromatic heterocycles. The SMILES string of the molecule is CCCCCCCCCCCCCCCCCCOC(=O)[C@@H](CC(C)C)Nc1cccc2ccccc12. The Kier molecular flexibility index (Phi) is 16.9. The Labute approximate surface area is 228 Å². The Balaban J connectivity index is 1.52. The molecule has 3 heteroatoms. The van der Waals surface area contributed by atoms with Crippen LogP contribution < -0.4 is 5.32 Å². The van der Waals surface area contributed by atoms with E-state index in [-0.39, 0.29) is 12.0 Å². The molecule has 2 aromatic carbocycles. The van der Waals surface area contributed by atoms with E-state index in [9.17, 15) is 4.79 Å². The van der Waals surface area contributed by atoms with Gasteiger partial charge in [-0.2, -0.15) is 0 Å². The Bertz CT molecular complexity index is 841. The summed E-state index contributed by atoms with van der Waals surface area (Å²) in [5, 5.41) is 5.81. The average molecular weight is 510 g/mol. The Morgan fingerprint density at radius 2 is 1.22 bits per heavy atom. The first-order valence-corrected chi connectivity index (χ1v) is 15.5. The normalized spacial score (nSPS) is 12.2. The summed E-state index contributed by atoms with van der Waals surface area (Å²) in [6.07, 6.45) is 22.3. The monoisotopic (exact) mass is 509 g/mol. The molecule has 0 aliphatic heterocycles. The van der Waals surface area contributed by atoms with Crippen LogP contribution in [0.4, 0.5) is 5.69 Å². The Hall–Kier alpha value is -2.03. The van der Waals surface area contributed by atoms with Gasteiger partial charge in [-0.25, -0.2) is 4.79 Å². The van der Waals surface area contributed by atoms with Crippen molar-refractivity contribution in [2.24, 2.45) is 5.92 Å². The van der Waals surface area contributed by atoms with E-state index in [1.54, 1.807) is 0 Å². The zero-order chi connectivity index (χ0) is 26.6. The van der Waals surface area contributed by atoms with Crippen molar-refractivity contribution in [1.29, 1.82) is 0 Å². The van der Waals surface area contributed by atoms with Gasteiger partial charge in [0.25, 0.3) is 0 Å². The molecule has 2 aromatic rings. The highest BCUT2D eigenvalue weighted by Crippen LogP contribution is 2.25. The van der Waals surface area contributed by atoms with E-state index >= 15 is 0 Å². The average Bonchev–Trinajstić information content (AvgIpc) is 2.90. The van der Waals surface area contributed by atoms with E-state index in [0.29, 0.717) is 12.5 Å². The number of hydrogen-bond donors (Lipinski definition) is 1. The number of anilines is 1. The van der Waals surface area contributed by atoms with Crippen LogP contribution in [0.15, 0.2) is 42.5 Å². The molecule has 0 radical (unpaired) electrons. The van der Waals surface area contributed by atoms with Gasteiger partial charge in [0.2, 0.25) is 0 Å². The maximum Gasteiger partial charge on any atom is 0.328 e. The molecule has 0 heterocycles. The number of benzene rings is 2.